The van der Waals surface area contributed by atoms with Gasteiger partial charge in [0.15, 0.2) is 0 Å². The maximum absolute atomic E-state index is 13.9. The summed E-state index contributed by atoms with van der Waals surface area (Å²) >= 11 is 5.73. The fourth-order valence-electron chi connectivity index (χ4n) is 1.62. The standard InChI is InChI=1S/C14H11ClF2/c15-12-5-3-11(4-6-12)14(17)9-10-1-7-13(16)8-2-10/h1-8,14H,9H2. The van der Waals surface area contributed by atoms with Gasteiger partial charge in [0.1, 0.15) is 12.0 Å². The molecule has 0 saturated carbocycles. The first-order valence-corrected chi connectivity index (χ1v) is 5.67. The summed E-state index contributed by atoms with van der Waals surface area (Å²) in [6.45, 7) is 0. The maximum atomic E-state index is 13.9. The summed E-state index contributed by atoms with van der Waals surface area (Å²) in [5, 5.41) is 0.586. The molecule has 0 bridgehead atoms. The molecule has 17 heavy (non-hydrogen) atoms. The van der Waals surface area contributed by atoms with Gasteiger partial charge in [-0.05, 0) is 35.4 Å². The molecule has 2 aromatic carbocycles. The van der Waals surface area contributed by atoms with E-state index in [1.807, 2.05) is 0 Å². The van der Waals surface area contributed by atoms with Crippen LogP contribution in [0.5, 0.6) is 0 Å². The van der Waals surface area contributed by atoms with E-state index in [-0.39, 0.29) is 12.2 Å². The molecule has 0 aromatic heterocycles. The molecule has 88 valence electrons. The zero-order valence-corrected chi connectivity index (χ0v) is 9.79. The van der Waals surface area contributed by atoms with Crippen LogP contribution >= 0.6 is 11.6 Å². The van der Waals surface area contributed by atoms with Crippen LogP contribution in [0, 0.1) is 5.82 Å². The topological polar surface area (TPSA) is 0 Å². The number of hydrogen-bond donors (Lipinski definition) is 0. The molecule has 0 N–H and O–H groups in total. The van der Waals surface area contributed by atoms with E-state index in [4.69, 9.17) is 11.6 Å². The average molecular weight is 253 g/mol. The van der Waals surface area contributed by atoms with E-state index in [2.05, 4.69) is 0 Å². The van der Waals surface area contributed by atoms with Crippen molar-refractivity contribution < 1.29 is 8.78 Å². The van der Waals surface area contributed by atoms with Crippen LogP contribution < -0.4 is 0 Å². The van der Waals surface area contributed by atoms with Crippen LogP contribution in [0.4, 0.5) is 8.78 Å². The molecule has 0 aliphatic carbocycles. The molecule has 1 atom stereocenters. The molecule has 0 saturated heterocycles. The summed E-state index contributed by atoms with van der Waals surface area (Å²) in [6, 6.07) is 12.5. The number of alkyl halides is 1. The molecule has 3 heteroatoms. The van der Waals surface area contributed by atoms with Crippen molar-refractivity contribution in [2.24, 2.45) is 0 Å². The molecular weight excluding hydrogens is 242 g/mol. The van der Waals surface area contributed by atoms with Crippen molar-refractivity contribution in [2.75, 3.05) is 0 Å². The van der Waals surface area contributed by atoms with E-state index < -0.39 is 6.17 Å². The molecule has 0 aliphatic heterocycles. The minimum Gasteiger partial charge on any atom is -0.242 e. The van der Waals surface area contributed by atoms with E-state index in [0.717, 1.165) is 5.56 Å². The van der Waals surface area contributed by atoms with Crippen LogP contribution in [-0.2, 0) is 6.42 Å². The molecule has 0 heterocycles. The van der Waals surface area contributed by atoms with Crippen molar-refractivity contribution in [3.63, 3.8) is 0 Å². The van der Waals surface area contributed by atoms with Gasteiger partial charge in [0.25, 0.3) is 0 Å². The quantitative estimate of drug-likeness (QED) is 0.741. The largest absolute Gasteiger partial charge is 0.242 e. The molecule has 0 spiro atoms. The Morgan fingerprint density at radius 2 is 1.53 bits per heavy atom. The van der Waals surface area contributed by atoms with Crippen molar-refractivity contribution in [1.29, 1.82) is 0 Å². The lowest BCUT2D eigenvalue weighted by Gasteiger charge is -2.08. The minimum absolute atomic E-state index is 0.238. The third-order valence-electron chi connectivity index (χ3n) is 2.56. The second-order valence-electron chi connectivity index (χ2n) is 3.85. The first kappa shape index (κ1) is 12.1. The smallest absolute Gasteiger partial charge is 0.129 e. The Hall–Kier alpha value is -1.41. The molecule has 0 aliphatic rings. The Morgan fingerprint density at radius 3 is 2.12 bits per heavy atom. The summed E-state index contributed by atoms with van der Waals surface area (Å²) in [6.07, 6.45) is -0.861. The van der Waals surface area contributed by atoms with Crippen LogP contribution in [-0.4, -0.2) is 0 Å². The second kappa shape index (κ2) is 5.28. The van der Waals surface area contributed by atoms with Gasteiger partial charge in [-0.15, -0.1) is 0 Å². The van der Waals surface area contributed by atoms with E-state index >= 15 is 0 Å². The summed E-state index contributed by atoms with van der Waals surface area (Å²) < 4.78 is 26.6. The molecule has 0 fully saturated rings. The SMILES string of the molecule is Fc1ccc(CC(F)c2ccc(Cl)cc2)cc1. The van der Waals surface area contributed by atoms with E-state index in [0.29, 0.717) is 10.6 Å². The second-order valence-corrected chi connectivity index (χ2v) is 4.29. The highest BCUT2D eigenvalue weighted by Crippen LogP contribution is 2.23. The van der Waals surface area contributed by atoms with Crippen LogP contribution in [0.15, 0.2) is 48.5 Å². The third kappa shape index (κ3) is 3.27. The Labute approximate surface area is 104 Å². The van der Waals surface area contributed by atoms with Gasteiger partial charge < -0.3 is 0 Å². The first-order valence-electron chi connectivity index (χ1n) is 5.29. The van der Waals surface area contributed by atoms with Crippen molar-refractivity contribution in [3.05, 3.63) is 70.5 Å². The van der Waals surface area contributed by atoms with Gasteiger partial charge in [0.05, 0.1) is 0 Å². The van der Waals surface area contributed by atoms with Gasteiger partial charge in [-0.2, -0.15) is 0 Å². The summed E-state index contributed by atoms with van der Waals surface area (Å²) in [5.41, 5.74) is 1.35. The Bertz CT molecular complexity index is 477. The highest BCUT2D eigenvalue weighted by molar-refractivity contribution is 6.30. The maximum Gasteiger partial charge on any atom is 0.129 e. The van der Waals surface area contributed by atoms with Crippen LogP contribution in [0.2, 0.25) is 5.02 Å². The fourth-order valence-corrected chi connectivity index (χ4v) is 1.74. The number of rotatable bonds is 3. The Morgan fingerprint density at radius 1 is 0.941 bits per heavy atom. The molecule has 0 radical (unpaired) electrons. The Kier molecular flexibility index (Phi) is 3.75. The number of hydrogen-bond acceptors (Lipinski definition) is 0. The monoisotopic (exact) mass is 252 g/mol. The van der Waals surface area contributed by atoms with Crippen molar-refractivity contribution >= 4 is 11.6 Å². The number of halogens is 3. The predicted octanol–water partition coefficient (Wildman–Crippen LogP) is 4.73. The molecule has 0 amide bonds. The fraction of sp³-hybridized carbons (Fsp3) is 0.143. The highest BCUT2D eigenvalue weighted by atomic mass is 35.5. The summed E-state index contributed by atoms with van der Waals surface area (Å²) in [7, 11) is 0. The lowest BCUT2D eigenvalue weighted by molar-refractivity contribution is 0.342. The zero-order valence-electron chi connectivity index (χ0n) is 9.04. The third-order valence-corrected chi connectivity index (χ3v) is 2.81. The van der Waals surface area contributed by atoms with Gasteiger partial charge in [-0.25, -0.2) is 8.78 Å². The van der Waals surface area contributed by atoms with Gasteiger partial charge in [-0.1, -0.05) is 35.9 Å². The van der Waals surface area contributed by atoms with Gasteiger partial charge >= 0.3 is 0 Å². The Balaban J connectivity index is 2.08. The van der Waals surface area contributed by atoms with Crippen LogP contribution in [0.1, 0.15) is 17.3 Å². The predicted molar refractivity (Wildman–Crippen MR) is 65.4 cm³/mol. The highest BCUT2D eigenvalue weighted by Gasteiger charge is 2.10. The van der Waals surface area contributed by atoms with Gasteiger partial charge in [0.2, 0.25) is 0 Å². The lowest BCUT2D eigenvalue weighted by atomic mass is 10.0. The van der Waals surface area contributed by atoms with Gasteiger partial charge in [-0.3, -0.25) is 0 Å². The van der Waals surface area contributed by atoms with E-state index in [1.54, 1.807) is 36.4 Å². The normalized spacial score (nSPS) is 12.4. The molecule has 1 unspecified atom stereocenters. The van der Waals surface area contributed by atoms with Crippen molar-refractivity contribution in [3.8, 4) is 0 Å². The zero-order chi connectivity index (χ0) is 12.3. The van der Waals surface area contributed by atoms with E-state index in [1.165, 1.54) is 12.1 Å². The van der Waals surface area contributed by atoms with Crippen LogP contribution in [0.25, 0.3) is 0 Å². The molecule has 2 rings (SSSR count). The first-order chi connectivity index (χ1) is 8.15. The molecule has 2 aromatic rings. The van der Waals surface area contributed by atoms with Crippen molar-refractivity contribution in [1.82, 2.24) is 0 Å². The van der Waals surface area contributed by atoms with Crippen LogP contribution in [0.3, 0.4) is 0 Å². The van der Waals surface area contributed by atoms with Gasteiger partial charge in [0, 0.05) is 11.4 Å². The minimum atomic E-state index is -1.10. The van der Waals surface area contributed by atoms with E-state index in [9.17, 15) is 8.78 Å². The summed E-state index contributed by atoms with van der Waals surface area (Å²) in [5.74, 6) is -0.310. The number of benzene rings is 2. The lowest BCUT2D eigenvalue weighted by Crippen LogP contribution is -1.96. The molecule has 0 nitrogen and oxygen atoms in total. The average Bonchev–Trinajstić information content (AvgIpc) is 2.33. The molecular formula is C14H11ClF2. The van der Waals surface area contributed by atoms with Crippen molar-refractivity contribution in [2.45, 2.75) is 12.6 Å². The summed E-state index contributed by atoms with van der Waals surface area (Å²) in [4.78, 5) is 0.